The minimum absolute atomic E-state index is 0.204. The summed E-state index contributed by atoms with van der Waals surface area (Å²) in [5.74, 6) is -0.691. The van der Waals surface area contributed by atoms with Crippen LogP contribution in [0.5, 0.6) is 0 Å². The predicted molar refractivity (Wildman–Crippen MR) is 106 cm³/mol. The van der Waals surface area contributed by atoms with Crippen molar-refractivity contribution >= 4 is 28.9 Å². The van der Waals surface area contributed by atoms with Crippen molar-refractivity contribution in [2.75, 3.05) is 18.5 Å². The van der Waals surface area contributed by atoms with E-state index in [1.54, 1.807) is 48.3 Å². The molecule has 4 nitrogen and oxygen atoms in total. The number of aliphatic hydroxyl groups is 1. The maximum absolute atomic E-state index is 14.1. The first-order valence-corrected chi connectivity index (χ1v) is 9.56. The van der Waals surface area contributed by atoms with Crippen LogP contribution in [0.4, 0.5) is 15.8 Å². The largest absolute Gasteiger partial charge is 0.388 e. The lowest BCUT2D eigenvalue weighted by molar-refractivity contribution is 0.00526. The van der Waals surface area contributed by atoms with E-state index in [1.807, 2.05) is 0 Å². The lowest BCUT2D eigenvalue weighted by Crippen LogP contribution is -2.44. The number of hydrogen-bond donors (Lipinski definition) is 2. The highest BCUT2D eigenvalue weighted by Gasteiger charge is 2.29. The van der Waals surface area contributed by atoms with E-state index in [0.717, 1.165) is 19.3 Å². The number of nitrogens with zero attached hydrogens (tertiary/aromatic N) is 1. The van der Waals surface area contributed by atoms with Crippen molar-refractivity contribution < 1.29 is 14.3 Å². The summed E-state index contributed by atoms with van der Waals surface area (Å²) in [5.41, 5.74) is 0.507. The third-order valence-corrected chi connectivity index (χ3v) is 5.49. The van der Waals surface area contributed by atoms with E-state index in [4.69, 9.17) is 11.6 Å². The molecule has 1 aliphatic carbocycles. The molecule has 144 valence electrons. The van der Waals surface area contributed by atoms with Gasteiger partial charge in [-0.25, -0.2) is 4.39 Å². The van der Waals surface area contributed by atoms with Crippen LogP contribution in [0, 0.1) is 5.82 Å². The van der Waals surface area contributed by atoms with Gasteiger partial charge < -0.3 is 15.3 Å². The fourth-order valence-electron chi connectivity index (χ4n) is 3.49. The van der Waals surface area contributed by atoms with E-state index in [-0.39, 0.29) is 18.3 Å². The number of amides is 1. The molecule has 3 rings (SSSR count). The maximum atomic E-state index is 14.1. The predicted octanol–water partition coefficient (Wildman–Crippen LogP) is 4.67. The molecular formula is C21H24ClFN2O2. The molecule has 0 spiro atoms. The molecule has 0 saturated heterocycles. The molecule has 0 radical (unpaired) electrons. The Morgan fingerprint density at radius 3 is 2.63 bits per heavy atom. The van der Waals surface area contributed by atoms with Gasteiger partial charge in [-0.3, -0.25) is 4.79 Å². The second-order valence-corrected chi connectivity index (χ2v) is 7.55. The highest BCUT2D eigenvalue weighted by atomic mass is 35.5. The Morgan fingerprint density at radius 1 is 1.22 bits per heavy atom. The van der Waals surface area contributed by atoms with Gasteiger partial charge in [-0.2, -0.15) is 0 Å². The summed E-state index contributed by atoms with van der Waals surface area (Å²) in [6, 6.07) is 11.4. The summed E-state index contributed by atoms with van der Waals surface area (Å²) in [5, 5.41) is 13.7. The summed E-state index contributed by atoms with van der Waals surface area (Å²) >= 11 is 6.21. The van der Waals surface area contributed by atoms with Gasteiger partial charge in [-0.1, -0.05) is 43.0 Å². The van der Waals surface area contributed by atoms with Crippen molar-refractivity contribution in [3.05, 3.63) is 58.9 Å². The molecule has 0 aromatic heterocycles. The molecule has 2 aromatic carbocycles. The Hall–Kier alpha value is -2.11. The van der Waals surface area contributed by atoms with Gasteiger partial charge in [0.05, 0.1) is 21.9 Å². The number of nitrogens with one attached hydrogen (secondary N) is 1. The van der Waals surface area contributed by atoms with Gasteiger partial charge in [0.25, 0.3) is 5.91 Å². The Bertz CT molecular complexity index is 822. The van der Waals surface area contributed by atoms with Gasteiger partial charge in [0.1, 0.15) is 5.82 Å². The number of halogens is 2. The van der Waals surface area contributed by atoms with Crippen LogP contribution in [0.25, 0.3) is 0 Å². The molecule has 0 unspecified atom stereocenters. The Balaban J connectivity index is 1.76. The Labute approximate surface area is 164 Å². The zero-order valence-electron chi connectivity index (χ0n) is 15.3. The smallest absolute Gasteiger partial charge is 0.252 e. The van der Waals surface area contributed by atoms with Crippen LogP contribution in [0.2, 0.25) is 5.02 Å². The number of rotatable bonds is 5. The number of carbonyl (C=O) groups excluding carboxylic acids is 1. The van der Waals surface area contributed by atoms with Crippen LogP contribution in [0.15, 0.2) is 42.5 Å². The van der Waals surface area contributed by atoms with Crippen molar-refractivity contribution in [3.8, 4) is 0 Å². The zero-order chi connectivity index (χ0) is 19.4. The summed E-state index contributed by atoms with van der Waals surface area (Å²) in [6.45, 7) is 0.204. The van der Waals surface area contributed by atoms with Gasteiger partial charge in [0.2, 0.25) is 0 Å². The fraction of sp³-hybridized carbons (Fsp3) is 0.381. The van der Waals surface area contributed by atoms with Crippen LogP contribution < -0.4 is 10.2 Å². The van der Waals surface area contributed by atoms with Crippen LogP contribution in [-0.2, 0) is 0 Å². The van der Waals surface area contributed by atoms with Crippen LogP contribution in [0.1, 0.15) is 42.5 Å². The molecule has 27 heavy (non-hydrogen) atoms. The number of carbonyl (C=O) groups is 1. The standard InChI is InChI=1S/C21H24ClFN2O2/c1-25(19-8-4-3-7-18(19)23)15-9-10-17(22)16(13-15)20(26)24-14-21(27)11-5-2-6-12-21/h3-4,7-10,13,27H,2,5-6,11-12,14H2,1H3,(H,24,26). The average Bonchev–Trinajstić information content (AvgIpc) is 2.67. The lowest BCUT2D eigenvalue weighted by Gasteiger charge is -2.32. The Morgan fingerprint density at radius 2 is 1.93 bits per heavy atom. The molecule has 1 fully saturated rings. The lowest BCUT2D eigenvalue weighted by atomic mass is 9.85. The molecule has 0 bridgehead atoms. The molecule has 1 aliphatic rings. The monoisotopic (exact) mass is 390 g/mol. The molecule has 1 amide bonds. The minimum atomic E-state index is -0.845. The van der Waals surface area contributed by atoms with E-state index in [2.05, 4.69) is 5.32 Å². The first-order chi connectivity index (χ1) is 12.9. The van der Waals surface area contributed by atoms with E-state index in [9.17, 15) is 14.3 Å². The SMILES string of the molecule is CN(c1ccc(Cl)c(C(=O)NCC2(O)CCCCC2)c1)c1ccccc1F. The van der Waals surface area contributed by atoms with E-state index >= 15 is 0 Å². The van der Waals surface area contributed by atoms with E-state index in [0.29, 0.717) is 34.8 Å². The quantitative estimate of drug-likeness (QED) is 0.779. The van der Waals surface area contributed by atoms with E-state index < -0.39 is 5.60 Å². The molecular weight excluding hydrogens is 367 g/mol. The van der Waals surface area contributed by atoms with Crippen molar-refractivity contribution in [1.29, 1.82) is 0 Å². The van der Waals surface area contributed by atoms with Gasteiger partial charge in [0.15, 0.2) is 0 Å². The molecule has 2 aromatic rings. The number of benzene rings is 2. The second-order valence-electron chi connectivity index (χ2n) is 7.14. The van der Waals surface area contributed by atoms with Gasteiger partial charge in [0, 0.05) is 19.3 Å². The summed E-state index contributed by atoms with van der Waals surface area (Å²) in [6.07, 6.45) is 4.44. The molecule has 0 heterocycles. The molecule has 6 heteroatoms. The molecule has 0 atom stereocenters. The summed E-state index contributed by atoms with van der Waals surface area (Å²) in [4.78, 5) is 14.3. The van der Waals surface area contributed by atoms with E-state index in [1.165, 1.54) is 6.07 Å². The first-order valence-electron chi connectivity index (χ1n) is 9.18. The minimum Gasteiger partial charge on any atom is -0.388 e. The normalized spacial score (nSPS) is 16.0. The van der Waals surface area contributed by atoms with Crippen molar-refractivity contribution in [2.45, 2.75) is 37.7 Å². The van der Waals surface area contributed by atoms with Crippen molar-refractivity contribution in [1.82, 2.24) is 5.32 Å². The van der Waals surface area contributed by atoms with Crippen LogP contribution in [-0.4, -0.2) is 30.2 Å². The highest BCUT2D eigenvalue weighted by Crippen LogP contribution is 2.30. The highest BCUT2D eigenvalue weighted by molar-refractivity contribution is 6.34. The maximum Gasteiger partial charge on any atom is 0.252 e. The van der Waals surface area contributed by atoms with Gasteiger partial charge in [-0.05, 0) is 43.2 Å². The summed E-state index contributed by atoms with van der Waals surface area (Å²) in [7, 11) is 1.73. The first kappa shape index (κ1) is 19.6. The second kappa shape index (κ2) is 8.28. The molecule has 1 saturated carbocycles. The van der Waals surface area contributed by atoms with Gasteiger partial charge >= 0.3 is 0 Å². The fourth-order valence-corrected chi connectivity index (χ4v) is 3.69. The topological polar surface area (TPSA) is 52.6 Å². The summed E-state index contributed by atoms with van der Waals surface area (Å²) < 4.78 is 14.1. The molecule has 2 N–H and O–H groups in total. The number of hydrogen-bond acceptors (Lipinski definition) is 3. The van der Waals surface area contributed by atoms with Crippen LogP contribution >= 0.6 is 11.6 Å². The van der Waals surface area contributed by atoms with Crippen molar-refractivity contribution in [2.24, 2.45) is 0 Å². The van der Waals surface area contributed by atoms with Crippen molar-refractivity contribution in [3.63, 3.8) is 0 Å². The average molecular weight is 391 g/mol. The zero-order valence-corrected chi connectivity index (χ0v) is 16.1. The number of para-hydroxylation sites is 1. The number of anilines is 2. The van der Waals surface area contributed by atoms with Crippen LogP contribution in [0.3, 0.4) is 0 Å². The Kier molecular flexibility index (Phi) is 6.02. The molecule has 0 aliphatic heterocycles. The third-order valence-electron chi connectivity index (χ3n) is 5.16. The third kappa shape index (κ3) is 4.60. The van der Waals surface area contributed by atoms with Gasteiger partial charge in [-0.15, -0.1) is 0 Å².